The Morgan fingerprint density at radius 3 is 2.71 bits per heavy atom. The van der Waals surface area contributed by atoms with Crippen LogP contribution in [0.3, 0.4) is 0 Å². The fourth-order valence-electron chi connectivity index (χ4n) is 1.38. The van der Waals surface area contributed by atoms with Gasteiger partial charge in [-0.1, -0.05) is 30.3 Å². The molecule has 1 aromatic carbocycles. The van der Waals surface area contributed by atoms with E-state index in [0.717, 1.165) is 5.56 Å². The third-order valence-corrected chi connectivity index (χ3v) is 2.27. The predicted molar refractivity (Wildman–Crippen MR) is 61.9 cm³/mol. The number of hydrogen-bond donors (Lipinski definition) is 3. The van der Waals surface area contributed by atoms with Crippen LogP contribution in [0.25, 0.3) is 0 Å². The van der Waals surface area contributed by atoms with E-state index in [9.17, 15) is 4.79 Å². The molecule has 0 fully saturated rings. The van der Waals surface area contributed by atoms with E-state index in [2.05, 4.69) is 26.3 Å². The van der Waals surface area contributed by atoms with Gasteiger partial charge in [0, 0.05) is 6.54 Å². The van der Waals surface area contributed by atoms with Crippen LogP contribution in [-0.4, -0.2) is 21.3 Å². The second-order valence-corrected chi connectivity index (χ2v) is 3.55. The quantitative estimate of drug-likeness (QED) is 0.671. The van der Waals surface area contributed by atoms with Crippen molar-refractivity contribution in [3.63, 3.8) is 0 Å². The first-order chi connectivity index (χ1) is 8.27. The number of nitrogens with one attached hydrogen (secondary N) is 3. The first-order valence-electron chi connectivity index (χ1n) is 5.22. The maximum Gasteiger partial charge on any atom is 0.287 e. The Hall–Kier alpha value is -2.21. The highest BCUT2D eigenvalue weighted by Gasteiger charge is 2.11. The van der Waals surface area contributed by atoms with Gasteiger partial charge in [0.1, 0.15) is 0 Å². The Labute approximate surface area is 98.4 Å². The second kappa shape index (κ2) is 5.22. The van der Waals surface area contributed by atoms with Crippen LogP contribution in [0.4, 0.5) is 0 Å². The van der Waals surface area contributed by atoms with Crippen LogP contribution in [-0.2, 0) is 6.54 Å². The standard InChI is InChI=1S/C11H13N5O/c1-8-10(14-16-13-8)11(17)15-12-7-9-5-3-2-4-6-9/h2-6,12H,7H2,1H3,(H,15,17)(H,13,14,16). The molecule has 1 heterocycles. The number of aromatic amines is 1. The van der Waals surface area contributed by atoms with E-state index in [1.54, 1.807) is 6.92 Å². The number of aromatic nitrogens is 3. The highest BCUT2D eigenvalue weighted by Crippen LogP contribution is 1.98. The lowest BCUT2D eigenvalue weighted by atomic mass is 10.2. The van der Waals surface area contributed by atoms with Crippen molar-refractivity contribution in [2.75, 3.05) is 0 Å². The minimum absolute atomic E-state index is 0.297. The number of nitrogens with zero attached hydrogens (tertiary/aromatic N) is 2. The molecule has 1 aromatic heterocycles. The predicted octanol–water partition coefficient (Wildman–Crippen LogP) is 0.548. The summed E-state index contributed by atoms with van der Waals surface area (Å²) in [6.07, 6.45) is 0. The molecule has 88 valence electrons. The minimum atomic E-state index is -0.299. The van der Waals surface area contributed by atoms with Crippen LogP contribution in [0.2, 0.25) is 0 Å². The Bertz CT molecular complexity index is 494. The van der Waals surface area contributed by atoms with Crippen molar-refractivity contribution in [3.8, 4) is 0 Å². The number of amides is 1. The summed E-state index contributed by atoms with van der Waals surface area (Å²) < 4.78 is 0. The zero-order valence-corrected chi connectivity index (χ0v) is 9.40. The van der Waals surface area contributed by atoms with Gasteiger partial charge in [0.25, 0.3) is 5.91 Å². The average Bonchev–Trinajstić information content (AvgIpc) is 2.77. The Kier molecular flexibility index (Phi) is 3.46. The lowest BCUT2D eigenvalue weighted by Gasteiger charge is -2.05. The van der Waals surface area contributed by atoms with E-state index in [4.69, 9.17) is 0 Å². The van der Waals surface area contributed by atoms with E-state index >= 15 is 0 Å². The van der Waals surface area contributed by atoms with Crippen LogP contribution in [0.5, 0.6) is 0 Å². The summed E-state index contributed by atoms with van der Waals surface area (Å²) in [7, 11) is 0. The molecule has 0 bridgehead atoms. The molecule has 2 rings (SSSR count). The molecule has 6 heteroatoms. The van der Waals surface area contributed by atoms with Crippen LogP contribution in [0, 0.1) is 6.92 Å². The molecule has 0 aliphatic carbocycles. The van der Waals surface area contributed by atoms with E-state index in [-0.39, 0.29) is 5.91 Å². The van der Waals surface area contributed by atoms with Crippen LogP contribution >= 0.6 is 0 Å². The van der Waals surface area contributed by atoms with Gasteiger partial charge in [-0.25, -0.2) is 5.43 Å². The fraction of sp³-hybridized carbons (Fsp3) is 0.182. The normalized spacial score (nSPS) is 10.2. The number of carbonyl (C=O) groups is 1. The summed E-state index contributed by atoms with van der Waals surface area (Å²) in [6.45, 7) is 2.28. The van der Waals surface area contributed by atoms with Crippen molar-refractivity contribution < 1.29 is 4.79 Å². The molecule has 0 radical (unpaired) electrons. The lowest BCUT2D eigenvalue weighted by molar-refractivity contribution is 0.0926. The smallest absolute Gasteiger partial charge is 0.286 e. The average molecular weight is 231 g/mol. The maximum absolute atomic E-state index is 11.6. The molecule has 17 heavy (non-hydrogen) atoms. The number of H-pyrrole nitrogens is 1. The molecule has 0 saturated heterocycles. The third kappa shape index (κ3) is 2.88. The maximum atomic E-state index is 11.6. The lowest BCUT2D eigenvalue weighted by Crippen LogP contribution is -2.37. The molecule has 2 aromatic rings. The highest BCUT2D eigenvalue weighted by atomic mass is 16.2. The van der Waals surface area contributed by atoms with Gasteiger partial charge in [0.05, 0.1) is 5.69 Å². The van der Waals surface area contributed by atoms with Crippen molar-refractivity contribution in [2.45, 2.75) is 13.5 Å². The first kappa shape index (κ1) is 11.3. The van der Waals surface area contributed by atoms with Crippen LogP contribution in [0.15, 0.2) is 30.3 Å². The van der Waals surface area contributed by atoms with Gasteiger partial charge >= 0.3 is 0 Å². The largest absolute Gasteiger partial charge is 0.287 e. The molecule has 0 saturated carbocycles. The molecule has 6 nitrogen and oxygen atoms in total. The molecule has 0 unspecified atom stereocenters. The summed E-state index contributed by atoms with van der Waals surface area (Å²) in [4.78, 5) is 11.6. The molecule has 1 amide bonds. The van der Waals surface area contributed by atoms with Gasteiger partial charge in [-0.3, -0.25) is 10.2 Å². The van der Waals surface area contributed by atoms with Crippen LogP contribution in [0.1, 0.15) is 21.7 Å². The van der Waals surface area contributed by atoms with Gasteiger partial charge in [0.15, 0.2) is 5.69 Å². The summed E-state index contributed by atoms with van der Waals surface area (Å²) >= 11 is 0. The van der Waals surface area contributed by atoms with Crippen molar-refractivity contribution in [1.29, 1.82) is 0 Å². The number of aryl methyl sites for hydroxylation is 1. The number of carbonyl (C=O) groups excluding carboxylic acids is 1. The van der Waals surface area contributed by atoms with E-state index in [1.165, 1.54) is 0 Å². The number of rotatable bonds is 4. The first-order valence-corrected chi connectivity index (χ1v) is 5.22. The molecular formula is C11H13N5O. The van der Waals surface area contributed by atoms with Gasteiger partial charge in [0.2, 0.25) is 0 Å². The van der Waals surface area contributed by atoms with Crippen molar-refractivity contribution in [1.82, 2.24) is 26.3 Å². The third-order valence-electron chi connectivity index (χ3n) is 2.27. The zero-order chi connectivity index (χ0) is 12.1. The van der Waals surface area contributed by atoms with E-state index < -0.39 is 0 Å². The van der Waals surface area contributed by atoms with Crippen molar-refractivity contribution >= 4 is 5.91 Å². The topological polar surface area (TPSA) is 82.7 Å². The van der Waals surface area contributed by atoms with Gasteiger partial charge in [-0.05, 0) is 12.5 Å². The number of benzene rings is 1. The van der Waals surface area contributed by atoms with Crippen molar-refractivity contribution in [3.05, 3.63) is 47.3 Å². The van der Waals surface area contributed by atoms with E-state index in [0.29, 0.717) is 17.9 Å². The molecule has 3 N–H and O–H groups in total. The Morgan fingerprint density at radius 1 is 1.29 bits per heavy atom. The van der Waals surface area contributed by atoms with Crippen molar-refractivity contribution in [2.24, 2.45) is 0 Å². The molecule has 0 spiro atoms. The van der Waals surface area contributed by atoms with Gasteiger partial charge < -0.3 is 0 Å². The van der Waals surface area contributed by atoms with E-state index in [1.807, 2.05) is 30.3 Å². The van der Waals surface area contributed by atoms with Crippen LogP contribution < -0.4 is 10.9 Å². The molecular weight excluding hydrogens is 218 g/mol. The summed E-state index contributed by atoms with van der Waals surface area (Å²) in [5, 5.41) is 9.93. The summed E-state index contributed by atoms with van der Waals surface area (Å²) in [5.41, 5.74) is 7.36. The monoisotopic (exact) mass is 231 g/mol. The Morgan fingerprint density at radius 2 is 2.06 bits per heavy atom. The SMILES string of the molecule is Cc1n[nH]nc1C(=O)NNCc1ccccc1. The fourth-order valence-corrected chi connectivity index (χ4v) is 1.38. The number of hydrazine groups is 1. The zero-order valence-electron chi connectivity index (χ0n) is 9.40. The van der Waals surface area contributed by atoms with Gasteiger partial charge in [-0.2, -0.15) is 15.4 Å². The van der Waals surface area contributed by atoms with Gasteiger partial charge in [-0.15, -0.1) is 0 Å². The highest BCUT2D eigenvalue weighted by molar-refractivity contribution is 5.92. The molecule has 0 aliphatic heterocycles. The molecule has 0 aliphatic rings. The summed E-state index contributed by atoms with van der Waals surface area (Å²) in [6, 6.07) is 9.78. The second-order valence-electron chi connectivity index (χ2n) is 3.55. The molecule has 0 atom stereocenters. The Balaban J connectivity index is 1.84. The minimum Gasteiger partial charge on any atom is -0.286 e. The summed E-state index contributed by atoms with van der Waals surface area (Å²) in [5.74, 6) is -0.299. The number of hydrogen-bond acceptors (Lipinski definition) is 4.